The van der Waals surface area contributed by atoms with Crippen molar-refractivity contribution in [2.75, 3.05) is 0 Å². The summed E-state index contributed by atoms with van der Waals surface area (Å²) in [7, 11) is 0. The molecule has 1 aromatic rings. The van der Waals surface area contributed by atoms with Crippen LogP contribution < -0.4 is 11.1 Å². The second-order valence-corrected chi connectivity index (χ2v) is 4.05. The van der Waals surface area contributed by atoms with Crippen LogP contribution in [0.5, 0.6) is 0 Å². The SMILES string of the molecule is C#CCC(NC(=O)c1csc(CN)n1)C(=O)O. The average molecular weight is 253 g/mol. The van der Waals surface area contributed by atoms with Crippen molar-refractivity contribution in [2.24, 2.45) is 5.73 Å². The summed E-state index contributed by atoms with van der Waals surface area (Å²) in [6.45, 7) is 0.241. The molecule has 1 amide bonds. The van der Waals surface area contributed by atoms with E-state index in [1.165, 1.54) is 16.7 Å². The van der Waals surface area contributed by atoms with E-state index in [9.17, 15) is 9.59 Å². The number of carbonyl (C=O) groups is 2. The van der Waals surface area contributed by atoms with Gasteiger partial charge in [0.1, 0.15) is 16.7 Å². The highest BCUT2D eigenvalue weighted by Gasteiger charge is 2.20. The summed E-state index contributed by atoms with van der Waals surface area (Å²) in [5.41, 5.74) is 5.51. The molecule has 0 aromatic carbocycles. The van der Waals surface area contributed by atoms with E-state index in [1.807, 2.05) is 0 Å². The topological polar surface area (TPSA) is 105 Å². The molecule has 0 aliphatic carbocycles. The molecule has 0 saturated heterocycles. The van der Waals surface area contributed by atoms with E-state index in [1.54, 1.807) is 0 Å². The number of amides is 1. The van der Waals surface area contributed by atoms with E-state index in [0.717, 1.165) is 0 Å². The first kappa shape index (κ1) is 13.2. The van der Waals surface area contributed by atoms with Gasteiger partial charge in [-0.2, -0.15) is 0 Å². The molecule has 6 nitrogen and oxygen atoms in total. The molecule has 1 rings (SSSR count). The Labute approximate surface area is 102 Å². The first-order valence-electron chi connectivity index (χ1n) is 4.70. The lowest BCUT2D eigenvalue weighted by atomic mass is 10.2. The predicted molar refractivity (Wildman–Crippen MR) is 62.3 cm³/mol. The van der Waals surface area contributed by atoms with Crippen LogP contribution in [-0.2, 0) is 11.3 Å². The molecular weight excluding hydrogens is 242 g/mol. The van der Waals surface area contributed by atoms with E-state index < -0.39 is 17.9 Å². The highest BCUT2D eigenvalue weighted by molar-refractivity contribution is 7.09. The van der Waals surface area contributed by atoms with Gasteiger partial charge in [0.05, 0.1) is 0 Å². The minimum absolute atomic E-state index is 0.0744. The van der Waals surface area contributed by atoms with Crippen molar-refractivity contribution >= 4 is 23.2 Å². The van der Waals surface area contributed by atoms with Gasteiger partial charge in [0.25, 0.3) is 5.91 Å². The highest BCUT2D eigenvalue weighted by Crippen LogP contribution is 2.09. The molecule has 0 aliphatic heterocycles. The molecule has 0 spiro atoms. The number of hydrogen-bond donors (Lipinski definition) is 3. The van der Waals surface area contributed by atoms with Crippen LogP contribution in [-0.4, -0.2) is 28.0 Å². The normalized spacial score (nSPS) is 11.5. The third kappa shape index (κ3) is 3.55. The summed E-state index contributed by atoms with van der Waals surface area (Å²) >= 11 is 1.24. The van der Waals surface area contributed by atoms with E-state index >= 15 is 0 Å². The van der Waals surface area contributed by atoms with Gasteiger partial charge in [0, 0.05) is 18.3 Å². The third-order valence-corrected chi connectivity index (χ3v) is 2.76. The Kier molecular flexibility index (Phi) is 4.63. The molecule has 0 aliphatic rings. The molecule has 1 unspecified atom stereocenters. The molecular formula is C10H11N3O3S. The van der Waals surface area contributed by atoms with Crippen molar-refractivity contribution < 1.29 is 14.7 Å². The molecule has 1 aromatic heterocycles. The summed E-state index contributed by atoms with van der Waals surface area (Å²) in [4.78, 5) is 26.3. The van der Waals surface area contributed by atoms with Crippen LogP contribution in [0.2, 0.25) is 0 Å². The molecule has 90 valence electrons. The average Bonchev–Trinajstić information content (AvgIpc) is 2.76. The van der Waals surface area contributed by atoms with Gasteiger partial charge in [-0.25, -0.2) is 9.78 Å². The summed E-state index contributed by atoms with van der Waals surface area (Å²) in [6.07, 6.45) is 4.94. The second kappa shape index (κ2) is 5.98. The molecule has 4 N–H and O–H groups in total. The monoisotopic (exact) mass is 253 g/mol. The van der Waals surface area contributed by atoms with E-state index in [-0.39, 0.29) is 18.7 Å². The van der Waals surface area contributed by atoms with Gasteiger partial charge in [-0.05, 0) is 0 Å². The molecule has 7 heteroatoms. The Balaban J connectivity index is 2.70. The number of carboxylic acid groups (broad SMARTS) is 1. The fourth-order valence-corrected chi connectivity index (χ4v) is 1.71. The van der Waals surface area contributed by atoms with Gasteiger partial charge < -0.3 is 16.2 Å². The lowest BCUT2D eigenvalue weighted by Gasteiger charge is -2.10. The van der Waals surface area contributed by atoms with Gasteiger partial charge in [-0.15, -0.1) is 23.7 Å². The Morgan fingerprint density at radius 2 is 2.41 bits per heavy atom. The summed E-state index contributed by atoms with van der Waals surface area (Å²) in [5.74, 6) is 0.447. The largest absolute Gasteiger partial charge is 0.480 e. The van der Waals surface area contributed by atoms with E-state index in [2.05, 4.69) is 16.2 Å². The van der Waals surface area contributed by atoms with Crippen LogP contribution in [0, 0.1) is 12.3 Å². The Bertz CT molecular complexity index is 464. The molecule has 0 fully saturated rings. The van der Waals surface area contributed by atoms with Crippen molar-refractivity contribution in [1.82, 2.24) is 10.3 Å². The Morgan fingerprint density at radius 1 is 1.71 bits per heavy atom. The number of aromatic nitrogens is 1. The number of rotatable bonds is 5. The first-order valence-corrected chi connectivity index (χ1v) is 5.58. The molecule has 1 atom stereocenters. The smallest absolute Gasteiger partial charge is 0.327 e. The molecule has 0 bridgehead atoms. The number of hydrogen-bond acceptors (Lipinski definition) is 5. The summed E-state index contributed by atoms with van der Waals surface area (Å²) in [6, 6.07) is -1.10. The van der Waals surface area contributed by atoms with Crippen molar-refractivity contribution in [1.29, 1.82) is 0 Å². The van der Waals surface area contributed by atoms with Crippen LogP contribution in [0.1, 0.15) is 21.9 Å². The van der Waals surface area contributed by atoms with Gasteiger partial charge in [-0.1, -0.05) is 0 Å². The standard InChI is InChI=1S/C10H11N3O3S/c1-2-3-6(10(15)16)13-9(14)7-5-17-8(4-11)12-7/h1,5-6H,3-4,11H2,(H,13,14)(H,15,16). The predicted octanol–water partition coefficient (Wildman–Crippen LogP) is -0.192. The number of terminal acetylenes is 1. The number of thiazole rings is 1. The lowest BCUT2D eigenvalue weighted by Crippen LogP contribution is -2.40. The first-order chi connectivity index (χ1) is 8.08. The highest BCUT2D eigenvalue weighted by atomic mass is 32.1. The Hall–Kier alpha value is -1.91. The van der Waals surface area contributed by atoms with Crippen LogP contribution in [0.4, 0.5) is 0 Å². The van der Waals surface area contributed by atoms with Gasteiger partial charge in [0.15, 0.2) is 0 Å². The zero-order chi connectivity index (χ0) is 12.8. The fourth-order valence-electron chi connectivity index (χ4n) is 1.06. The molecule has 0 saturated carbocycles. The number of nitrogens with zero attached hydrogens (tertiary/aromatic N) is 1. The van der Waals surface area contributed by atoms with Crippen LogP contribution >= 0.6 is 11.3 Å². The van der Waals surface area contributed by atoms with Crippen LogP contribution in [0.25, 0.3) is 0 Å². The minimum Gasteiger partial charge on any atom is -0.480 e. The molecule has 0 radical (unpaired) electrons. The fraction of sp³-hybridized carbons (Fsp3) is 0.300. The third-order valence-electron chi connectivity index (χ3n) is 1.88. The van der Waals surface area contributed by atoms with Gasteiger partial charge in [-0.3, -0.25) is 4.79 Å². The maximum Gasteiger partial charge on any atom is 0.327 e. The van der Waals surface area contributed by atoms with E-state index in [4.69, 9.17) is 17.3 Å². The zero-order valence-electron chi connectivity index (χ0n) is 8.84. The van der Waals surface area contributed by atoms with Gasteiger partial charge >= 0.3 is 5.97 Å². The molecule has 1 heterocycles. The number of carboxylic acids is 1. The zero-order valence-corrected chi connectivity index (χ0v) is 9.66. The maximum absolute atomic E-state index is 11.6. The molecule has 17 heavy (non-hydrogen) atoms. The van der Waals surface area contributed by atoms with Gasteiger partial charge in [0.2, 0.25) is 0 Å². The number of nitrogens with one attached hydrogen (secondary N) is 1. The lowest BCUT2D eigenvalue weighted by molar-refractivity contribution is -0.139. The quantitative estimate of drug-likeness (QED) is 0.631. The van der Waals surface area contributed by atoms with Crippen LogP contribution in [0.15, 0.2) is 5.38 Å². The number of carbonyl (C=O) groups excluding carboxylic acids is 1. The number of aliphatic carboxylic acids is 1. The maximum atomic E-state index is 11.6. The minimum atomic E-state index is -1.18. The van der Waals surface area contributed by atoms with Crippen molar-refractivity contribution in [3.63, 3.8) is 0 Å². The van der Waals surface area contributed by atoms with Crippen molar-refractivity contribution in [2.45, 2.75) is 19.0 Å². The van der Waals surface area contributed by atoms with Crippen LogP contribution in [0.3, 0.4) is 0 Å². The summed E-state index contributed by atoms with van der Waals surface area (Å²) < 4.78 is 0. The van der Waals surface area contributed by atoms with Crippen molar-refractivity contribution in [3.8, 4) is 12.3 Å². The number of nitrogens with two attached hydrogens (primary N) is 1. The Morgan fingerprint density at radius 3 is 2.88 bits per heavy atom. The summed E-state index contributed by atoms with van der Waals surface area (Å²) in [5, 5.41) is 13.2. The van der Waals surface area contributed by atoms with E-state index in [0.29, 0.717) is 5.01 Å². The van der Waals surface area contributed by atoms with Crippen molar-refractivity contribution in [3.05, 3.63) is 16.1 Å². The second-order valence-electron chi connectivity index (χ2n) is 3.10.